The van der Waals surface area contributed by atoms with Gasteiger partial charge in [0.2, 0.25) is 0 Å². The molecule has 0 saturated carbocycles. The molecule has 2 unspecified atom stereocenters. The standard InChI is InChI=1S/C10H20N6O2/c1-3(17)15-9-7(13)5(11)6(12)8(14)10(9)16-4(2)18/h3-4,15-18H,11-14H2,1-2H3. The van der Waals surface area contributed by atoms with Crippen LogP contribution >= 0.6 is 0 Å². The molecule has 0 bridgehead atoms. The molecule has 0 amide bonds. The average molecular weight is 256 g/mol. The molecule has 8 heteroatoms. The summed E-state index contributed by atoms with van der Waals surface area (Å²) < 4.78 is 0. The first-order chi connectivity index (χ1) is 8.25. The molecule has 0 spiro atoms. The molecule has 102 valence electrons. The molecule has 0 aliphatic carbocycles. The van der Waals surface area contributed by atoms with E-state index in [1.54, 1.807) is 0 Å². The number of hydrogen-bond acceptors (Lipinski definition) is 8. The highest BCUT2D eigenvalue weighted by molar-refractivity contribution is 6.04. The van der Waals surface area contributed by atoms with Crippen molar-refractivity contribution >= 4 is 34.1 Å². The zero-order valence-electron chi connectivity index (χ0n) is 10.4. The third kappa shape index (κ3) is 2.60. The molecule has 0 aromatic heterocycles. The molecule has 12 N–H and O–H groups in total. The molecule has 0 saturated heterocycles. The second kappa shape index (κ2) is 5.07. The van der Waals surface area contributed by atoms with E-state index in [9.17, 15) is 10.2 Å². The SMILES string of the molecule is CC(O)Nc1c(N)c(N)c(N)c(N)c1NC(C)O. The summed E-state index contributed by atoms with van der Waals surface area (Å²) in [6.45, 7) is 3.02. The first-order valence-corrected chi connectivity index (χ1v) is 5.40. The van der Waals surface area contributed by atoms with Crippen LogP contribution in [-0.2, 0) is 0 Å². The molecule has 0 radical (unpaired) electrons. The van der Waals surface area contributed by atoms with Crippen LogP contribution in [0.25, 0.3) is 0 Å². The summed E-state index contributed by atoms with van der Waals surface area (Å²) in [5.74, 6) is 0. The minimum atomic E-state index is -0.871. The van der Waals surface area contributed by atoms with Crippen molar-refractivity contribution in [3.63, 3.8) is 0 Å². The predicted octanol–water partition coefficient (Wildman–Crippen LogP) is -0.484. The fraction of sp³-hybridized carbons (Fsp3) is 0.400. The van der Waals surface area contributed by atoms with Crippen molar-refractivity contribution in [1.82, 2.24) is 0 Å². The van der Waals surface area contributed by atoms with E-state index in [0.29, 0.717) is 11.4 Å². The largest absolute Gasteiger partial charge is 0.395 e. The number of hydrogen-bond donors (Lipinski definition) is 8. The zero-order chi connectivity index (χ0) is 14.0. The van der Waals surface area contributed by atoms with Gasteiger partial charge in [-0.15, -0.1) is 0 Å². The lowest BCUT2D eigenvalue weighted by Gasteiger charge is -2.23. The minimum Gasteiger partial charge on any atom is -0.395 e. The lowest BCUT2D eigenvalue weighted by atomic mass is 10.1. The molecule has 0 aliphatic heterocycles. The number of aliphatic hydroxyl groups is 2. The topological polar surface area (TPSA) is 169 Å². The molecule has 18 heavy (non-hydrogen) atoms. The Hall–Kier alpha value is -2.06. The Kier molecular flexibility index (Phi) is 3.94. The Bertz CT molecular complexity index is 406. The summed E-state index contributed by atoms with van der Waals surface area (Å²) in [7, 11) is 0. The van der Waals surface area contributed by atoms with Crippen LogP contribution in [0.2, 0.25) is 0 Å². The van der Waals surface area contributed by atoms with Crippen molar-refractivity contribution in [2.24, 2.45) is 0 Å². The van der Waals surface area contributed by atoms with Crippen molar-refractivity contribution in [2.75, 3.05) is 33.6 Å². The van der Waals surface area contributed by atoms with Gasteiger partial charge in [0.25, 0.3) is 0 Å². The van der Waals surface area contributed by atoms with Crippen LogP contribution in [-0.4, -0.2) is 22.7 Å². The fourth-order valence-electron chi connectivity index (χ4n) is 1.55. The van der Waals surface area contributed by atoms with Crippen LogP contribution in [0.4, 0.5) is 34.1 Å². The lowest BCUT2D eigenvalue weighted by Crippen LogP contribution is -2.22. The molecule has 0 heterocycles. The van der Waals surface area contributed by atoms with Crippen LogP contribution in [0.5, 0.6) is 0 Å². The van der Waals surface area contributed by atoms with Crippen LogP contribution in [0.1, 0.15) is 13.8 Å². The molecule has 1 aromatic rings. The number of benzene rings is 1. The zero-order valence-corrected chi connectivity index (χ0v) is 10.4. The van der Waals surface area contributed by atoms with Crippen molar-refractivity contribution in [3.05, 3.63) is 0 Å². The second-order valence-corrected chi connectivity index (χ2v) is 4.05. The van der Waals surface area contributed by atoms with Gasteiger partial charge in [0, 0.05) is 0 Å². The van der Waals surface area contributed by atoms with Gasteiger partial charge in [-0.05, 0) is 13.8 Å². The van der Waals surface area contributed by atoms with Crippen LogP contribution in [0, 0.1) is 0 Å². The Morgan fingerprint density at radius 2 is 1.00 bits per heavy atom. The van der Waals surface area contributed by atoms with Gasteiger partial charge >= 0.3 is 0 Å². The van der Waals surface area contributed by atoms with Crippen LogP contribution in [0.3, 0.4) is 0 Å². The average Bonchev–Trinajstić information content (AvgIpc) is 2.27. The van der Waals surface area contributed by atoms with Gasteiger partial charge in [-0.25, -0.2) is 0 Å². The molecule has 1 aromatic carbocycles. The molecule has 2 atom stereocenters. The van der Waals surface area contributed by atoms with Gasteiger partial charge in [-0.3, -0.25) is 0 Å². The van der Waals surface area contributed by atoms with E-state index in [4.69, 9.17) is 22.9 Å². The highest BCUT2D eigenvalue weighted by Gasteiger charge is 2.19. The van der Waals surface area contributed by atoms with Gasteiger partial charge < -0.3 is 43.8 Å². The number of nitrogens with two attached hydrogens (primary N) is 4. The molecule has 8 nitrogen and oxygen atoms in total. The normalized spacial score (nSPS) is 14.0. The van der Waals surface area contributed by atoms with E-state index in [2.05, 4.69) is 10.6 Å². The first kappa shape index (κ1) is 14.0. The van der Waals surface area contributed by atoms with Crippen molar-refractivity contribution < 1.29 is 10.2 Å². The molecular weight excluding hydrogens is 236 g/mol. The van der Waals surface area contributed by atoms with Crippen molar-refractivity contribution in [1.29, 1.82) is 0 Å². The monoisotopic (exact) mass is 256 g/mol. The predicted molar refractivity (Wildman–Crippen MR) is 74.7 cm³/mol. The van der Waals surface area contributed by atoms with Crippen molar-refractivity contribution in [2.45, 2.75) is 26.3 Å². The smallest absolute Gasteiger partial charge is 0.121 e. The second-order valence-electron chi connectivity index (χ2n) is 4.05. The van der Waals surface area contributed by atoms with E-state index < -0.39 is 12.5 Å². The number of aliphatic hydroxyl groups excluding tert-OH is 2. The van der Waals surface area contributed by atoms with E-state index >= 15 is 0 Å². The summed E-state index contributed by atoms with van der Waals surface area (Å²) in [4.78, 5) is 0. The summed E-state index contributed by atoms with van der Waals surface area (Å²) >= 11 is 0. The lowest BCUT2D eigenvalue weighted by molar-refractivity contribution is 0.221. The van der Waals surface area contributed by atoms with E-state index in [-0.39, 0.29) is 22.7 Å². The molecule has 0 aliphatic rings. The molecule has 1 rings (SSSR count). The van der Waals surface area contributed by atoms with E-state index in [1.165, 1.54) is 13.8 Å². The maximum absolute atomic E-state index is 9.37. The molecule has 0 fully saturated rings. The van der Waals surface area contributed by atoms with Gasteiger partial charge in [0.15, 0.2) is 0 Å². The highest BCUT2D eigenvalue weighted by Crippen LogP contribution is 2.44. The van der Waals surface area contributed by atoms with Gasteiger partial charge in [-0.2, -0.15) is 0 Å². The maximum atomic E-state index is 9.37. The number of anilines is 6. The minimum absolute atomic E-state index is 0.131. The third-order valence-corrected chi connectivity index (χ3v) is 2.37. The fourth-order valence-corrected chi connectivity index (χ4v) is 1.55. The third-order valence-electron chi connectivity index (χ3n) is 2.37. The highest BCUT2D eigenvalue weighted by atomic mass is 16.3. The molecular formula is C10H20N6O2. The van der Waals surface area contributed by atoms with Crippen LogP contribution in [0.15, 0.2) is 0 Å². The Morgan fingerprint density at radius 3 is 1.22 bits per heavy atom. The summed E-state index contributed by atoms with van der Waals surface area (Å²) in [5, 5.41) is 24.1. The summed E-state index contributed by atoms with van der Waals surface area (Å²) in [6.07, 6.45) is -1.74. The first-order valence-electron chi connectivity index (χ1n) is 5.40. The quantitative estimate of drug-likeness (QED) is 0.264. The van der Waals surface area contributed by atoms with Crippen molar-refractivity contribution in [3.8, 4) is 0 Å². The number of nitrogen functional groups attached to an aromatic ring is 4. The number of rotatable bonds is 4. The Morgan fingerprint density at radius 1 is 0.722 bits per heavy atom. The summed E-state index contributed by atoms with van der Waals surface area (Å²) in [6, 6.07) is 0. The Balaban J connectivity index is 3.43. The van der Waals surface area contributed by atoms with Gasteiger partial charge in [0.05, 0.1) is 34.1 Å². The van der Waals surface area contributed by atoms with Gasteiger partial charge in [0.1, 0.15) is 12.5 Å². The summed E-state index contributed by atoms with van der Waals surface area (Å²) in [5.41, 5.74) is 24.3. The number of nitrogens with one attached hydrogen (secondary N) is 2. The van der Waals surface area contributed by atoms with Crippen LogP contribution < -0.4 is 33.6 Å². The Labute approximate surface area is 105 Å². The van der Waals surface area contributed by atoms with E-state index in [1.807, 2.05) is 0 Å². The maximum Gasteiger partial charge on any atom is 0.121 e. The van der Waals surface area contributed by atoms with Gasteiger partial charge in [-0.1, -0.05) is 0 Å². The van der Waals surface area contributed by atoms with E-state index in [0.717, 1.165) is 0 Å².